The number of hydrogen-bond donors (Lipinski definition) is 0. The van der Waals surface area contributed by atoms with Crippen LogP contribution in [-0.2, 0) is 17.1 Å². The fourth-order valence-corrected chi connectivity index (χ4v) is 0. The van der Waals surface area contributed by atoms with Crippen LogP contribution in [0.25, 0.3) is 0 Å². The molecule has 0 aliphatic carbocycles. The molecule has 0 unspecified atom stereocenters. The van der Waals surface area contributed by atoms with Crippen molar-refractivity contribution in [3.05, 3.63) is 7.43 Å². The van der Waals surface area contributed by atoms with E-state index in [9.17, 15) is 0 Å². The minimum Gasteiger partial charge on any atom is -0.894 e. The van der Waals surface area contributed by atoms with Gasteiger partial charge in [0.05, 0.1) is 0 Å². The van der Waals surface area contributed by atoms with Crippen molar-refractivity contribution in [1.82, 2.24) is 0 Å². The van der Waals surface area contributed by atoms with Crippen molar-refractivity contribution in [2.24, 2.45) is 0 Å². The molecule has 0 rings (SSSR count). The summed E-state index contributed by atoms with van der Waals surface area (Å²) in [5, 5.41) is 0. The first-order valence-corrected chi connectivity index (χ1v) is 2.45. The summed E-state index contributed by atoms with van der Waals surface area (Å²) in [5.74, 6) is 0. The molecule has 0 spiro atoms. The van der Waals surface area contributed by atoms with Crippen LogP contribution in [0.2, 0.25) is 0 Å². The van der Waals surface area contributed by atoms with Gasteiger partial charge in [-0.25, -0.2) is 0 Å². The van der Waals surface area contributed by atoms with Crippen molar-refractivity contribution >= 4 is 9.05 Å². The van der Waals surface area contributed by atoms with Gasteiger partial charge in [0.2, 0.25) is 0 Å². The van der Waals surface area contributed by atoms with E-state index in [4.69, 9.17) is 19.2 Å². The Morgan fingerprint density at radius 1 is 0.875 bits per heavy atom. The van der Waals surface area contributed by atoms with Gasteiger partial charge >= 0.3 is 43.4 Å². The van der Waals surface area contributed by atoms with Gasteiger partial charge in [-0.3, -0.25) is 0 Å². The monoisotopic (exact) mass is 167 g/mol. The van der Waals surface area contributed by atoms with Crippen molar-refractivity contribution < 1.29 is 55.1 Å². The molecule has 38 valence electrons. The normalized spacial score (nSPS) is 7.50. The first kappa shape index (κ1) is 22.9. The van der Waals surface area contributed by atoms with Crippen molar-refractivity contribution in [2.45, 2.75) is 0 Å². The topological polar surface area (TPSA) is 92.2 Å². The molecule has 0 aromatic carbocycles. The summed E-state index contributed by atoms with van der Waals surface area (Å²) >= 11 is 0. The standard InChI is InChI=1S/C.Fe.Li.O4Si/c;;;1-5(2,3)4/q+4;+2;+1;-4. The third kappa shape index (κ3) is 198. The molecule has 7 heteroatoms. The van der Waals surface area contributed by atoms with Gasteiger partial charge in [-0.1, -0.05) is 0 Å². The van der Waals surface area contributed by atoms with Crippen LogP contribution in [0.3, 0.4) is 0 Å². The molecular formula is CFeLiO4Si+3. The molecule has 0 N–H and O–H groups in total. The van der Waals surface area contributed by atoms with Gasteiger partial charge in [0.25, 0.3) is 0 Å². The summed E-state index contributed by atoms with van der Waals surface area (Å²) in [6.45, 7) is 0. The van der Waals surface area contributed by atoms with Crippen LogP contribution in [0.1, 0.15) is 0 Å². The number of rotatable bonds is 0. The van der Waals surface area contributed by atoms with Gasteiger partial charge in [0.15, 0.2) is 0 Å². The van der Waals surface area contributed by atoms with E-state index in [2.05, 4.69) is 0 Å². The second kappa shape index (κ2) is 8.17. The summed E-state index contributed by atoms with van der Waals surface area (Å²) in [7, 11) is -5.61. The minimum atomic E-state index is -5.61. The molecular weight excluding hydrogens is 167 g/mol. The van der Waals surface area contributed by atoms with Gasteiger partial charge in [-0.15, -0.1) is 0 Å². The van der Waals surface area contributed by atoms with Crippen LogP contribution in [0.4, 0.5) is 0 Å². The Morgan fingerprint density at radius 2 is 0.875 bits per heavy atom. The molecule has 0 atom stereocenters. The van der Waals surface area contributed by atoms with Crippen LogP contribution in [0.15, 0.2) is 0 Å². The van der Waals surface area contributed by atoms with Gasteiger partial charge < -0.3 is 28.2 Å². The van der Waals surface area contributed by atoms with E-state index in [1.807, 2.05) is 0 Å². The van der Waals surface area contributed by atoms with E-state index in [1.165, 1.54) is 0 Å². The average molecular weight is 167 g/mol. The summed E-state index contributed by atoms with van der Waals surface area (Å²) in [5.41, 5.74) is 0. The molecule has 0 saturated heterocycles. The average Bonchev–Trinajstić information content (AvgIpc) is 0.722. The Morgan fingerprint density at radius 3 is 0.875 bits per heavy atom. The van der Waals surface area contributed by atoms with Gasteiger partial charge in [0, 0.05) is 0 Å². The molecule has 8 heavy (non-hydrogen) atoms. The summed E-state index contributed by atoms with van der Waals surface area (Å²) in [6.07, 6.45) is 0. The van der Waals surface area contributed by atoms with Crippen LogP contribution in [-0.4, -0.2) is 9.05 Å². The fraction of sp³-hybridized carbons (Fsp3) is 0. The first-order valence-electron chi connectivity index (χ1n) is 0.816. The predicted molar refractivity (Wildman–Crippen MR) is 9.00 cm³/mol. The molecule has 0 bridgehead atoms. The van der Waals surface area contributed by atoms with Crippen molar-refractivity contribution in [2.75, 3.05) is 0 Å². The maximum absolute atomic E-state index is 8.58. The second-order valence-corrected chi connectivity index (χ2v) is 1.50. The summed E-state index contributed by atoms with van der Waals surface area (Å²) in [6, 6.07) is 0. The van der Waals surface area contributed by atoms with Crippen LogP contribution < -0.4 is 38.0 Å². The Balaban J connectivity index is -0.0000000267. The maximum atomic E-state index is 8.58. The molecule has 0 fully saturated rings. The molecule has 4 nitrogen and oxygen atoms in total. The molecule has 0 aromatic rings. The van der Waals surface area contributed by atoms with E-state index in [-0.39, 0.29) is 43.4 Å². The quantitative estimate of drug-likeness (QED) is 0.335. The van der Waals surface area contributed by atoms with Gasteiger partial charge in [0.1, 0.15) is 0 Å². The third-order valence-electron chi connectivity index (χ3n) is 0. The molecule has 0 aliphatic heterocycles. The van der Waals surface area contributed by atoms with E-state index < -0.39 is 9.05 Å². The van der Waals surface area contributed by atoms with E-state index in [0.717, 1.165) is 0 Å². The molecule has 0 amide bonds. The van der Waals surface area contributed by atoms with E-state index >= 15 is 0 Å². The van der Waals surface area contributed by atoms with Crippen LogP contribution in [0, 0.1) is 7.43 Å². The van der Waals surface area contributed by atoms with Gasteiger partial charge in [-0.2, -0.15) is 0 Å². The smallest absolute Gasteiger partial charge is 0.894 e. The first-order chi connectivity index (χ1) is 2.00. The van der Waals surface area contributed by atoms with Crippen molar-refractivity contribution in [1.29, 1.82) is 0 Å². The zero-order valence-electron chi connectivity index (χ0n) is 3.99. The van der Waals surface area contributed by atoms with Crippen LogP contribution >= 0.6 is 0 Å². The third-order valence-corrected chi connectivity index (χ3v) is 0. The largest absolute Gasteiger partial charge is 4.00 e. The molecule has 0 heterocycles. The Labute approximate surface area is 71.7 Å². The number of hydrogen-bond acceptors (Lipinski definition) is 4. The molecule has 0 radical (unpaired) electrons. The van der Waals surface area contributed by atoms with E-state index in [1.54, 1.807) is 0 Å². The Bertz CT molecular complexity index is 31.5. The van der Waals surface area contributed by atoms with Crippen LogP contribution in [0.5, 0.6) is 0 Å². The molecule has 0 saturated carbocycles. The maximum Gasteiger partial charge on any atom is 4.00 e. The van der Waals surface area contributed by atoms with Gasteiger partial charge in [-0.05, 0) is 0 Å². The summed E-state index contributed by atoms with van der Waals surface area (Å²) in [4.78, 5) is 34.3. The van der Waals surface area contributed by atoms with Crippen molar-refractivity contribution in [3.63, 3.8) is 0 Å². The fourth-order valence-electron chi connectivity index (χ4n) is 0. The Hall–Kier alpha value is 1.17. The SMILES string of the molecule is [C+4].[Fe+2].[Li+].[O-][Si]([O-])([O-])[O-]. The Kier molecular flexibility index (Phi) is 23.4. The van der Waals surface area contributed by atoms with E-state index in [0.29, 0.717) is 0 Å². The predicted octanol–water partition coefficient (Wildman–Crippen LogP) is -8.05. The zero-order chi connectivity index (χ0) is 4.50. The second-order valence-electron chi connectivity index (χ2n) is 0.500. The molecule has 0 aliphatic rings. The summed E-state index contributed by atoms with van der Waals surface area (Å²) < 4.78 is 0. The zero-order valence-corrected chi connectivity index (χ0v) is 6.09. The minimum absolute atomic E-state index is 0. The molecule has 0 aromatic heterocycles. The van der Waals surface area contributed by atoms with Crippen molar-refractivity contribution in [3.8, 4) is 0 Å².